The fraction of sp³-hybridized carbons (Fsp3) is 0.350. The topological polar surface area (TPSA) is 30.9 Å². The summed E-state index contributed by atoms with van der Waals surface area (Å²) in [6.45, 7) is 5.57. The molecular formula is C20H22BrNO3S. The summed E-state index contributed by atoms with van der Waals surface area (Å²) in [4.78, 5) is 2.96. The zero-order valence-corrected chi connectivity index (χ0v) is 17.4. The van der Waals surface area contributed by atoms with E-state index in [4.69, 9.17) is 26.4 Å². The minimum absolute atomic E-state index is 0.475. The summed E-state index contributed by atoms with van der Waals surface area (Å²) in [6, 6.07) is 12.2. The molecule has 1 fully saturated rings. The van der Waals surface area contributed by atoms with E-state index in [9.17, 15) is 0 Å². The highest BCUT2D eigenvalue weighted by molar-refractivity contribution is 9.10. The van der Waals surface area contributed by atoms with E-state index >= 15 is 0 Å². The minimum Gasteiger partial charge on any atom is -0.493 e. The number of morpholine rings is 1. The number of aryl methyl sites for hydroxylation is 1. The molecule has 3 rings (SSSR count). The third-order valence-electron chi connectivity index (χ3n) is 4.28. The molecule has 1 aliphatic heterocycles. The number of nitrogens with zero attached hydrogens (tertiary/aromatic N) is 1. The average molecular weight is 436 g/mol. The lowest BCUT2D eigenvalue weighted by Crippen LogP contribution is -2.40. The number of methoxy groups -OCH3 is 1. The second-order valence-corrected chi connectivity index (χ2v) is 7.41. The molecule has 138 valence electrons. The van der Waals surface area contributed by atoms with Crippen molar-refractivity contribution in [1.29, 1.82) is 0 Å². The zero-order valence-electron chi connectivity index (χ0n) is 15.0. The molecule has 0 saturated carbocycles. The van der Waals surface area contributed by atoms with Crippen molar-refractivity contribution in [3.63, 3.8) is 0 Å². The van der Waals surface area contributed by atoms with E-state index in [0.29, 0.717) is 31.3 Å². The number of hydrogen-bond donors (Lipinski definition) is 0. The number of hydrogen-bond acceptors (Lipinski definition) is 4. The fourth-order valence-corrected chi connectivity index (χ4v) is 3.63. The van der Waals surface area contributed by atoms with Gasteiger partial charge in [-0.2, -0.15) is 0 Å². The van der Waals surface area contributed by atoms with Gasteiger partial charge in [-0.05, 0) is 40.5 Å². The summed E-state index contributed by atoms with van der Waals surface area (Å²) < 4.78 is 17.8. The maximum absolute atomic E-state index is 6.02. The van der Waals surface area contributed by atoms with Gasteiger partial charge in [0.2, 0.25) is 0 Å². The van der Waals surface area contributed by atoms with Crippen molar-refractivity contribution in [1.82, 2.24) is 4.90 Å². The van der Waals surface area contributed by atoms with Crippen molar-refractivity contribution < 1.29 is 14.2 Å². The molecule has 0 atom stereocenters. The highest BCUT2D eigenvalue weighted by Gasteiger charge is 2.19. The first-order chi connectivity index (χ1) is 12.6. The van der Waals surface area contributed by atoms with Gasteiger partial charge in [0.05, 0.1) is 24.8 Å². The summed E-state index contributed by atoms with van der Waals surface area (Å²) in [5.41, 5.74) is 3.28. The molecule has 2 aromatic carbocycles. The molecule has 1 heterocycles. The van der Waals surface area contributed by atoms with Gasteiger partial charge in [0, 0.05) is 18.7 Å². The molecule has 0 radical (unpaired) electrons. The SMILES string of the molecule is COc1cc(C(=S)N2CCOCC2)cc(Br)c1OCc1ccc(C)cc1. The lowest BCUT2D eigenvalue weighted by Gasteiger charge is -2.29. The van der Waals surface area contributed by atoms with Gasteiger partial charge in [0.15, 0.2) is 11.5 Å². The number of halogens is 1. The molecule has 1 saturated heterocycles. The maximum atomic E-state index is 6.02. The highest BCUT2D eigenvalue weighted by atomic mass is 79.9. The summed E-state index contributed by atoms with van der Waals surface area (Å²) in [5.74, 6) is 1.35. The Morgan fingerprint density at radius 2 is 1.88 bits per heavy atom. The molecule has 1 aliphatic rings. The first-order valence-electron chi connectivity index (χ1n) is 8.51. The lowest BCUT2D eigenvalue weighted by molar-refractivity contribution is 0.0693. The quantitative estimate of drug-likeness (QED) is 0.651. The van der Waals surface area contributed by atoms with E-state index in [1.54, 1.807) is 7.11 Å². The van der Waals surface area contributed by atoms with E-state index in [0.717, 1.165) is 33.7 Å². The van der Waals surface area contributed by atoms with E-state index < -0.39 is 0 Å². The van der Waals surface area contributed by atoms with Crippen molar-refractivity contribution in [2.75, 3.05) is 33.4 Å². The van der Waals surface area contributed by atoms with Gasteiger partial charge in [-0.25, -0.2) is 0 Å². The van der Waals surface area contributed by atoms with Gasteiger partial charge in [-0.15, -0.1) is 0 Å². The van der Waals surface area contributed by atoms with Gasteiger partial charge in [0.1, 0.15) is 11.6 Å². The minimum atomic E-state index is 0.475. The van der Waals surface area contributed by atoms with E-state index in [-0.39, 0.29) is 0 Å². The van der Waals surface area contributed by atoms with Crippen LogP contribution in [0.3, 0.4) is 0 Å². The van der Waals surface area contributed by atoms with Crippen LogP contribution in [0.5, 0.6) is 11.5 Å². The molecule has 0 amide bonds. The predicted octanol–water partition coefficient (Wildman–Crippen LogP) is 4.35. The molecule has 0 aromatic heterocycles. The summed E-state index contributed by atoms with van der Waals surface area (Å²) in [6.07, 6.45) is 0. The Kier molecular flexibility index (Phi) is 6.51. The first kappa shape index (κ1) is 19.1. The smallest absolute Gasteiger partial charge is 0.175 e. The third-order valence-corrected chi connectivity index (χ3v) is 5.36. The molecular weight excluding hydrogens is 414 g/mol. The molecule has 0 bridgehead atoms. The fourth-order valence-electron chi connectivity index (χ4n) is 2.77. The van der Waals surface area contributed by atoms with Crippen LogP contribution in [0.2, 0.25) is 0 Å². The molecule has 0 spiro atoms. The van der Waals surface area contributed by atoms with Crippen molar-refractivity contribution >= 4 is 33.1 Å². The molecule has 0 unspecified atom stereocenters. The van der Waals surface area contributed by atoms with Crippen LogP contribution in [-0.2, 0) is 11.3 Å². The molecule has 0 aliphatic carbocycles. The Balaban J connectivity index is 1.78. The number of rotatable bonds is 5. The molecule has 2 aromatic rings. The molecule has 26 heavy (non-hydrogen) atoms. The van der Waals surface area contributed by atoms with E-state index in [2.05, 4.69) is 52.0 Å². The number of benzene rings is 2. The highest BCUT2D eigenvalue weighted by Crippen LogP contribution is 2.37. The van der Waals surface area contributed by atoms with Crippen LogP contribution in [0.4, 0.5) is 0 Å². The van der Waals surface area contributed by atoms with Gasteiger partial charge in [0.25, 0.3) is 0 Å². The normalized spacial score (nSPS) is 14.2. The molecule has 6 heteroatoms. The molecule has 4 nitrogen and oxygen atoms in total. The van der Waals surface area contributed by atoms with Crippen LogP contribution in [0.25, 0.3) is 0 Å². The summed E-state index contributed by atoms with van der Waals surface area (Å²) in [7, 11) is 1.64. The van der Waals surface area contributed by atoms with Crippen LogP contribution in [0, 0.1) is 6.92 Å². The number of ether oxygens (including phenoxy) is 3. The summed E-state index contributed by atoms with van der Waals surface area (Å²) >= 11 is 9.27. The van der Waals surface area contributed by atoms with Gasteiger partial charge < -0.3 is 19.1 Å². The van der Waals surface area contributed by atoms with Gasteiger partial charge >= 0.3 is 0 Å². The monoisotopic (exact) mass is 435 g/mol. The van der Waals surface area contributed by atoms with E-state index in [1.165, 1.54) is 5.56 Å². The van der Waals surface area contributed by atoms with Crippen LogP contribution in [0.15, 0.2) is 40.9 Å². The summed E-state index contributed by atoms with van der Waals surface area (Å²) in [5, 5.41) is 0. The third kappa shape index (κ3) is 4.55. The molecule has 0 N–H and O–H groups in total. The lowest BCUT2D eigenvalue weighted by atomic mass is 10.1. The Bertz CT molecular complexity index is 773. The first-order valence-corrected chi connectivity index (χ1v) is 9.71. The van der Waals surface area contributed by atoms with E-state index in [1.807, 2.05) is 12.1 Å². The number of thiocarbonyl (C=S) groups is 1. The van der Waals surface area contributed by atoms with Crippen molar-refractivity contribution in [2.45, 2.75) is 13.5 Å². The van der Waals surface area contributed by atoms with Crippen LogP contribution >= 0.6 is 28.1 Å². The Morgan fingerprint density at radius 3 is 2.54 bits per heavy atom. The van der Waals surface area contributed by atoms with Crippen LogP contribution in [-0.4, -0.2) is 43.3 Å². The zero-order chi connectivity index (χ0) is 18.5. The maximum Gasteiger partial charge on any atom is 0.175 e. The Hall–Kier alpha value is -1.63. The predicted molar refractivity (Wildman–Crippen MR) is 110 cm³/mol. The Morgan fingerprint density at radius 1 is 1.19 bits per heavy atom. The largest absolute Gasteiger partial charge is 0.493 e. The average Bonchev–Trinajstić information content (AvgIpc) is 2.68. The standard InChI is InChI=1S/C20H22BrNO3S/c1-14-3-5-15(6-4-14)13-25-19-17(21)11-16(12-18(19)23-2)20(26)22-7-9-24-10-8-22/h3-6,11-12H,7-10,13H2,1-2H3. The van der Waals surface area contributed by atoms with Gasteiger partial charge in [-0.3, -0.25) is 0 Å². The van der Waals surface area contributed by atoms with Gasteiger partial charge in [-0.1, -0.05) is 42.0 Å². The second-order valence-electron chi connectivity index (χ2n) is 6.17. The van der Waals surface area contributed by atoms with Crippen LogP contribution < -0.4 is 9.47 Å². The van der Waals surface area contributed by atoms with Crippen molar-refractivity contribution in [3.05, 3.63) is 57.6 Å². The van der Waals surface area contributed by atoms with Crippen molar-refractivity contribution in [3.8, 4) is 11.5 Å². The van der Waals surface area contributed by atoms with Crippen molar-refractivity contribution in [2.24, 2.45) is 0 Å². The Labute approximate surface area is 168 Å². The second kappa shape index (κ2) is 8.84. The van der Waals surface area contributed by atoms with Crippen LogP contribution in [0.1, 0.15) is 16.7 Å².